The van der Waals surface area contributed by atoms with Gasteiger partial charge in [-0.15, -0.1) is 0 Å². The molecule has 0 radical (unpaired) electrons. The Morgan fingerprint density at radius 1 is 1.00 bits per heavy atom. The topological polar surface area (TPSA) is 43.9 Å². The SMILES string of the molecule is CC(=O)N(C)c1ccc(C(=O)N2CCN(CCc3ccc(Cl)cc3)CC2)c(Cl)c1. The summed E-state index contributed by atoms with van der Waals surface area (Å²) in [5.41, 5.74) is 2.41. The molecule has 154 valence electrons. The van der Waals surface area contributed by atoms with E-state index >= 15 is 0 Å². The van der Waals surface area contributed by atoms with Crippen LogP contribution >= 0.6 is 23.2 Å². The minimum atomic E-state index is -0.0881. The summed E-state index contributed by atoms with van der Waals surface area (Å²) in [4.78, 5) is 30.1. The fourth-order valence-electron chi connectivity index (χ4n) is 3.35. The molecular weight excluding hydrogens is 409 g/mol. The van der Waals surface area contributed by atoms with Gasteiger partial charge in [0.05, 0.1) is 10.6 Å². The van der Waals surface area contributed by atoms with Crippen molar-refractivity contribution in [3.63, 3.8) is 0 Å². The maximum Gasteiger partial charge on any atom is 0.255 e. The number of hydrogen-bond donors (Lipinski definition) is 0. The van der Waals surface area contributed by atoms with Crippen molar-refractivity contribution in [1.29, 1.82) is 0 Å². The van der Waals surface area contributed by atoms with E-state index in [2.05, 4.69) is 17.0 Å². The molecule has 2 aromatic rings. The molecule has 2 aromatic carbocycles. The van der Waals surface area contributed by atoms with Crippen molar-refractivity contribution < 1.29 is 9.59 Å². The Morgan fingerprint density at radius 2 is 1.66 bits per heavy atom. The number of benzene rings is 2. The van der Waals surface area contributed by atoms with E-state index in [-0.39, 0.29) is 11.8 Å². The maximum atomic E-state index is 12.9. The van der Waals surface area contributed by atoms with Crippen LogP contribution in [-0.4, -0.2) is 61.4 Å². The van der Waals surface area contributed by atoms with Gasteiger partial charge < -0.3 is 9.80 Å². The second-order valence-corrected chi connectivity index (χ2v) is 8.10. The van der Waals surface area contributed by atoms with Gasteiger partial charge in [0.1, 0.15) is 0 Å². The van der Waals surface area contributed by atoms with Crippen LogP contribution in [0.2, 0.25) is 10.0 Å². The maximum absolute atomic E-state index is 12.9. The Labute approximate surface area is 181 Å². The highest BCUT2D eigenvalue weighted by molar-refractivity contribution is 6.34. The van der Waals surface area contributed by atoms with Crippen LogP contribution in [0.25, 0.3) is 0 Å². The second-order valence-electron chi connectivity index (χ2n) is 7.25. The van der Waals surface area contributed by atoms with Crippen LogP contribution in [0.3, 0.4) is 0 Å². The van der Waals surface area contributed by atoms with Crippen molar-refractivity contribution in [3.8, 4) is 0 Å². The fraction of sp³-hybridized carbons (Fsp3) is 0.364. The summed E-state index contributed by atoms with van der Waals surface area (Å²) in [5, 5.41) is 1.12. The van der Waals surface area contributed by atoms with Crippen molar-refractivity contribution in [2.75, 3.05) is 44.7 Å². The molecule has 0 aliphatic carbocycles. The van der Waals surface area contributed by atoms with Gasteiger partial charge >= 0.3 is 0 Å². The van der Waals surface area contributed by atoms with Crippen molar-refractivity contribution in [1.82, 2.24) is 9.80 Å². The smallest absolute Gasteiger partial charge is 0.255 e. The molecule has 0 N–H and O–H groups in total. The lowest BCUT2D eigenvalue weighted by atomic mass is 10.1. The number of rotatable bonds is 5. The molecule has 0 spiro atoms. The predicted octanol–water partition coefficient (Wildman–Crippen LogP) is 3.98. The summed E-state index contributed by atoms with van der Waals surface area (Å²) in [7, 11) is 1.68. The van der Waals surface area contributed by atoms with Gasteiger partial charge in [0.15, 0.2) is 0 Å². The number of halogens is 2. The highest BCUT2D eigenvalue weighted by Crippen LogP contribution is 2.25. The van der Waals surface area contributed by atoms with Crippen molar-refractivity contribution in [2.24, 2.45) is 0 Å². The molecule has 0 bridgehead atoms. The zero-order chi connectivity index (χ0) is 21.0. The third kappa shape index (κ3) is 5.50. The van der Waals surface area contributed by atoms with Crippen molar-refractivity contribution >= 4 is 40.7 Å². The van der Waals surface area contributed by atoms with E-state index in [1.54, 1.807) is 25.2 Å². The summed E-state index contributed by atoms with van der Waals surface area (Å²) in [6.07, 6.45) is 0.960. The highest BCUT2D eigenvalue weighted by atomic mass is 35.5. The van der Waals surface area contributed by atoms with Gasteiger partial charge in [-0.25, -0.2) is 0 Å². The predicted molar refractivity (Wildman–Crippen MR) is 118 cm³/mol. The summed E-state index contributed by atoms with van der Waals surface area (Å²) >= 11 is 12.3. The molecule has 1 saturated heterocycles. The largest absolute Gasteiger partial charge is 0.336 e. The summed E-state index contributed by atoms with van der Waals surface area (Å²) in [5.74, 6) is -0.153. The summed E-state index contributed by atoms with van der Waals surface area (Å²) < 4.78 is 0. The lowest BCUT2D eigenvalue weighted by molar-refractivity contribution is -0.116. The number of amides is 2. The molecule has 0 saturated carbocycles. The van der Waals surface area contributed by atoms with E-state index in [4.69, 9.17) is 23.2 Å². The quantitative estimate of drug-likeness (QED) is 0.715. The highest BCUT2D eigenvalue weighted by Gasteiger charge is 2.24. The van der Waals surface area contributed by atoms with Crippen LogP contribution in [0.1, 0.15) is 22.8 Å². The average Bonchev–Trinajstić information content (AvgIpc) is 2.72. The van der Waals surface area contributed by atoms with Crippen LogP contribution in [0.15, 0.2) is 42.5 Å². The molecule has 1 heterocycles. The second kappa shape index (κ2) is 9.61. The number of hydrogen-bond acceptors (Lipinski definition) is 3. The third-order valence-corrected chi connectivity index (χ3v) is 5.90. The Morgan fingerprint density at radius 3 is 2.24 bits per heavy atom. The molecule has 0 atom stereocenters. The molecule has 3 rings (SSSR count). The van der Waals surface area contributed by atoms with Crippen molar-refractivity contribution in [2.45, 2.75) is 13.3 Å². The van der Waals surface area contributed by atoms with Gasteiger partial charge in [-0.1, -0.05) is 35.3 Å². The van der Waals surface area contributed by atoms with E-state index in [1.165, 1.54) is 17.4 Å². The molecule has 0 aromatic heterocycles. The monoisotopic (exact) mass is 433 g/mol. The first kappa shape index (κ1) is 21.6. The molecule has 1 fully saturated rings. The molecular formula is C22H25Cl2N3O2. The Kier molecular flexibility index (Phi) is 7.17. The van der Waals surface area contributed by atoms with Gasteiger partial charge in [0.25, 0.3) is 5.91 Å². The van der Waals surface area contributed by atoms with Gasteiger partial charge in [-0.3, -0.25) is 14.5 Å². The van der Waals surface area contributed by atoms with Crippen LogP contribution in [-0.2, 0) is 11.2 Å². The lowest BCUT2D eigenvalue weighted by Crippen LogP contribution is -2.49. The van der Waals surface area contributed by atoms with E-state index in [0.29, 0.717) is 29.4 Å². The Balaban J connectivity index is 1.54. The standard InChI is InChI=1S/C22H25Cl2N3O2/c1-16(28)25(2)19-7-8-20(21(24)15-19)22(29)27-13-11-26(12-14-27)10-9-17-3-5-18(23)6-4-17/h3-8,15H,9-14H2,1-2H3. The molecule has 7 heteroatoms. The van der Waals surface area contributed by atoms with Crippen molar-refractivity contribution in [3.05, 3.63) is 63.6 Å². The summed E-state index contributed by atoms with van der Waals surface area (Å²) in [6, 6.07) is 13.1. The summed E-state index contributed by atoms with van der Waals surface area (Å²) in [6.45, 7) is 5.45. The first-order valence-corrected chi connectivity index (χ1v) is 10.4. The van der Waals surface area contributed by atoms with E-state index in [9.17, 15) is 9.59 Å². The van der Waals surface area contributed by atoms with Crippen LogP contribution in [0.5, 0.6) is 0 Å². The van der Waals surface area contributed by atoms with Crippen LogP contribution in [0, 0.1) is 0 Å². The van der Waals surface area contributed by atoms with Gasteiger partial charge in [-0.2, -0.15) is 0 Å². The third-order valence-electron chi connectivity index (χ3n) is 5.33. The molecule has 29 heavy (non-hydrogen) atoms. The molecule has 2 amide bonds. The molecule has 1 aliphatic rings. The molecule has 5 nitrogen and oxygen atoms in total. The van der Waals surface area contributed by atoms with Crippen LogP contribution < -0.4 is 4.90 Å². The van der Waals surface area contributed by atoms with E-state index < -0.39 is 0 Å². The zero-order valence-electron chi connectivity index (χ0n) is 16.7. The normalized spacial score (nSPS) is 14.7. The number of nitrogens with zero attached hydrogens (tertiary/aromatic N) is 3. The first-order valence-electron chi connectivity index (χ1n) is 9.65. The van der Waals surface area contributed by atoms with Gasteiger partial charge in [-0.05, 0) is 42.3 Å². The molecule has 1 aliphatic heterocycles. The molecule has 0 unspecified atom stereocenters. The number of anilines is 1. The van der Waals surface area contributed by atoms with Crippen LogP contribution in [0.4, 0.5) is 5.69 Å². The first-order chi connectivity index (χ1) is 13.8. The van der Waals surface area contributed by atoms with Gasteiger partial charge in [0.2, 0.25) is 5.91 Å². The number of piperazine rings is 1. The number of carbonyl (C=O) groups excluding carboxylic acids is 2. The van der Waals surface area contributed by atoms with Gasteiger partial charge in [0, 0.05) is 57.4 Å². The van der Waals surface area contributed by atoms with E-state index in [1.807, 2.05) is 17.0 Å². The minimum Gasteiger partial charge on any atom is -0.336 e. The lowest BCUT2D eigenvalue weighted by Gasteiger charge is -2.35. The minimum absolute atomic E-state index is 0.0654. The zero-order valence-corrected chi connectivity index (χ0v) is 18.2. The number of carbonyl (C=O) groups is 2. The average molecular weight is 434 g/mol. The van der Waals surface area contributed by atoms with E-state index in [0.717, 1.165) is 31.1 Å². The fourth-order valence-corrected chi connectivity index (χ4v) is 3.73. The Hall–Kier alpha value is -2.08. The Bertz CT molecular complexity index is 878.